The molecule has 0 aliphatic heterocycles. The number of rotatable bonds is 3. The summed E-state index contributed by atoms with van der Waals surface area (Å²) in [4.78, 5) is 0. The molecule has 0 saturated heterocycles. The van der Waals surface area contributed by atoms with Crippen molar-refractivity contribution in [3.05, 3.63) is 59.7 Å². The molecule has 1 heteroatoms. The number of hydrogen-bond donors (Lipinski definition) is 0. The van der Waals surface area contributed by atoms with Crippen LogP contribution in [0.1, 0.15) is 16.7 Å². The van der Waals surface area contributed by atoms with Gasteiger partial charge in [0.2, 0.25) is 0 Å². The highest BCUT2D eigenvalue weighted by molar-refractivity contribution is 5.74. The molecular formula is C17H18O. The maximum absolute atomic E-state index is 5.44. The fourth-order valence-corrected chi connectivity index (χ4v) is 2.21. The highest BCUT2D eigenvalue weighted by Gasteiger charge is 2.07. The number of methoxy groups -OCH3 is 1. The number of hydrogen-bond acceptors (Lipinski definition) is 1. The Morgan fingerprint density at radius 1 is 1.00 bits per heavy atom. The van der Waals surface area contributed by atoms with Gasteiger partial charge < -0.3 is 4.74 Å². The predicted molar refractivity (Wildman–Crippen MR) is 78.0 cm³/mol. The molecule has 0 fully saturated rings. The molecule has 0 unspecified atom stereocenters. The van der Waals surface area contributed by atoms with Crippen molar-refractivity contribution in [3.8, 4) is 16.9 Å². The summed E-state index contributed by atoms with van der Waals surface area (Å²) >= 11 is 0. The smallest absolute Gasteiger partial charge is 0.126 e. The van der Waals surface area contributed by atoms with Gasteiger partial charge in [0.1, 0.15) is 5.75 Å². The average molecular weight is 238 g/mol. The van der Waals surface area contributed by atoms with Crippen molar-refractivity contribution in [3.63, 3.8) is 0 Å². The van der Waals surface area contributed by atoms with Crippen LogP contribution in [-0.2, 0) is 0 Å². The van der Waals surface area contributed by atoms with E-state index in [2.05, 4.69) is 44.7 Å². The number of ether oxygens (including phenoxy) is 1. The summed E-state index contributed by atoms with van der Waals surface area (Å²) in [6, 6.07) is 12.6. The molecule has 2 aromatic rings. The second kappa shape index (κ2) is 5.09. The van der Waals surface area contributed by atoms with Gasteiger partial charge in [0, 0.05) is 5.56 Å². The Morgan fingerprint density at radius 3 is 2.22 bits per heavy atom. The third-order valence-electron chi connectivity index (χ3n) is 2.99. The first-order chi connectivity index (χ1) is 8.63. The molecule has 2 aromatic carbocycles. The van der Waals surface area contributed by atoms with Crippen molar-refractivity contribution in [2.24, 2.45) is 0 Å². The van der Waals surface area contributed by atoms with Gasteiger partial charge in [-0.05, 0) is 37.1 Å². The third kappa shape index (κ3) is 2.45. The minimum Gasteiger partial charge on any atom is -0.496 e. The van der Waals surface area contributed by atoms with E-state index >= 15 is 0 Å². The molecule has 1 nitrogen and oxygen atoms in total. The summed E-state index contributed by atoms with van der Waals surface area (Å²) in [5.74, 6) is 0.894. The highest BCUT2D eigenvalue weighted by Crippen LogP contribution is 2.32. The van der Waals surface area contributed by atoms with E-state index in [0.29, 0.717) is 0 Å². The molecule has 0 bridgehead atoms. The zero-order valence-electron chi connectivity index (χ0n) is 11.2. The van der Waals surface area contributed by atoms with E-state index in [1.54, 1.807) is 7.11 Å². The van der Waals surface area contributed by atoms with Crippen LogP contribution in [0.15, 0.2) is 43.0 Å². The maximum Gasteiger partial charge on any atom is 0.126 e. The lowest BCUT2D eigenvalue weighted by atomic mass is 9.98. The van der Waals surface area contributed by atoms with Crippen LogP contribution in [0.25, 0.3) is 17.2 Å². The summed E-state index contributed by atoms with van der Waals surface area (Å²) in [5.41, 5.74) is 5.92. The van der Waals surface area contributed by atoms with Gasteiger partial charge >= 0.3 is 0 Å². The fraction of sp³-hybridized carbons (Fsp3) is 0.176. The van der Waals surface area contributed by atoms with Crippen LogP contribution in [0.5, 0.6) is 5.75 Å². The zero-order chi connectivity index (χ0) is 13.1. The van der Waals surface area contributed by atoms with E-state index in [0.717, 1.165) is 16.9 Å². The summed E-state index contributed by atoms with van der Waals surface area (Å²) in [6.45, 7) is 8.04. The van der Waals surface area contributed by atoms with E-state index in [1.165, 1.54) is 16.7 Å². The first-order valence-corrected chi connectivity index (χ1v) is 6.03. The Hall–Kier alpha value is -2.02. The molecule has 0 heterocycles. The number of aryl methyl sites for hydroxylation is 2. The van der Waals surface area contributed by atoms with Gasteiger partial charge in [0.05, 0.1) is 7.11 Å². The molecule has 0 amide bonds. The molecule has 0 aromatic heterocycles. The van der Waals surface area contributed by atoms with Gasteiger partial charge in [0.25, 0.3) is 0 Å². The summed E-state index contributed by atoms with van der Waals surface area (Å²) < 4.78 is 5.44. The average Bonchev–Trinajstić information content (AvgIpc) is 2.36. The van der Waals surface area contributed by atoms with Crippen molar-refractivity contribution in [2.75, 3.05) is 7.11 Å². The van der Waals surface area contributed by atoms with Crippen molar-refractivity contribution in [1.82, 2.24) is 0 Å². The molecular weight excluding hydrogens is 220 g/mol. The molecule has 0 spiro atoms. The zero-order valence-corrected chi connectivity index (χ0v) is 11.2. The minimum atomic E-state index is 0.894. The predicted octanol–water partition coefficient (Wildman–Crippen LogP) is 4.62. The Labute approximate surface area is 109 Å². The van der Waals surface area contributed by atoms with Crippen LogP contribution >= 0.6 is 0 Å². The topological polar surface area (TPSA) is 9.23 Å². The molecule has 18 heavy (non-hydrogen) atoms. The van der Waals surface area contributed by atoms with Crippen LogP contribution in [0.4, 0.5) is 0 Å². The Morgan fingerprint density at radius 2 is 1.67 bits per heavy atom. The molecule has 0 aliphatic rings. The van der Waals surface area contributed by atoms with Crippen molar-refractivity contribution in [1.29, 1.82) is 0 Å². The van der Waals surface area contributed by atoms with Gasteiger partial charge in [-0.1, -0.05) is 48.0 Å². The Balaban J connectivity index is 2.63. The normalized spacial score (nSPS) is 10.2. The van der Waals surface area contributed by atoms with E-state index in [9.17, 15) is 0 Å². The highest BCUT2D eigenvalue weighted by atomic mass is 16.5. The van der Waals surface area contributed by atoms with E-state index in [-0.39, 0.29) is 0 Å². The van der Waals surface area contributed by atoms with Crippen molar-refractivity contribution >= 4 is 6.08 Å². The lowest BCUT2D eigenvalue weighted by Crippen LogP contribution is -1.90. The monoisotopic (exact) mass is 238 g/mol. The fourth-order valence-electron chi connectivity index (χ4n) is 2.21. The van der Waals surface area contributed by atoms with E-state index in [4.69, 9.17) is 4.74 Å². The Bertz CT molecular complexity index is 562. The van der Waals surface area contributed by atoms with Crippen molar-refractivity contribution < 1.29 is 4.74 Å². The molecule has 0 aliphatic carbocycles. The van der Waals surface area contributed by atoms with Gasteiger partial charge in [0.15, 0.2) is 0 Å². The van der Waals surface area contributed by atoms with Gasteiger partial charge in [-0.15, -0.1) is 0 Å². The first-order valence-electron chi connectivity index (χ1n) is 6.03. The number of benzene rings is 2. The maximum atomic E-state index is 5.44. The van der Waals surface area contributed by atoms with E-state index in [1.807, 2.05) is 18.2 Å². The summed E-state index contributed by atoms with van der Waals surface area (Å²) in [6.07, 6.45) is 1.85. The lowest BCUT2D eigenvalue weighted by molar-refractivity contribution is 0.416. The van der Waals surface area contributed by atoms with Crippen LogP contribution in [-0.4, -0.2) is 7.11 Å². The second-order valence-corrected chi connectivity index (χ2v) is 4.54. The molecule has 0 radical (unpaired) electrons. The van der Waals surface area contributed by atoms with Gasteiger partial charge in [-0.25, -0.2) is 0 Å². The SMILES string of the molecule is C=Cc1ccc(OC)c(-c2cc(C)cc(C)c2)c1. The standard InChI is InChI=1S/C17H18O/c1-5-14-6-7-17(18-4)16(11-14)15-9-12(2)8-13(3)10-15/h5-11H,1H2,2-4H3. The van der Waals surface area contributed by atoms with Crippen LogP contribution < -0.4 is 4.74 Å². The first kappa shape index (κ1) is 12.4. The van der Waals surface area contributed by atoms with Crippen molar-refractivity contribution in [2.45, 2.75) is 13.8 Å². The lowest BCUT2D eigenvalue weighted by Gasteiger charge is -2.11. The van der Waals surface area contributed by atoms with Crippen LogP contribution in [0, 0.1) is 13.8 Å². The third-order valence-corrected chi connectivity index (χ3v) is 2.99. The summed E-state index contributed by atoms with van der Waals surface area (Å²) in [5, 5.41) is 0. The van der Waals surface area contributed by atoms with Crippen LogP contribution in [0.3, 0.4) is 0 Å². The quantitative estimate of drug-likeness (QED) is 0.758. The van der Waals surface area contributed by atoms with E-state index < -0.39 is 0 Å². The van der Waals surface area contributed by atoms with Crippen LogP contribution in [0.2, 0.25) is 0 Å². The molecule has 92 valence electrons. The van der Waals surface area contributed by atoms with Gasteiger partial charge in [-0.2, -0.15) is 0 Å². The molecule has 0 atom stereocenters. The largest absolute Gasteiger partial charge is 0.496 e. The Kier molecular flexibility index (Phi) is 3.52. The minimum absolute atomic E-state index is 0.894. The molecule has 2 rings (SSSR count). The van der Waals surface area contributed by atoms with Gasteiger partial charge in [-0.3, -0.25) is 0 Å². The summed E-state index contributed by atoms with van der Waals surface area (Å²) in [7, 11) is 1.70. The molecule has 0 saturated carbocycles. The molecule has 0 N–H and O–H groups in total. The second-order valence-electron chi connectivity index (χ2n) is 4.54.